The van der Waals surface area contributed by atoms with Gasteiger partial charge in [0.2, 0.25) is 0 Å². The van der Waals surface area contributed by atoms with Crippen LogP contribution in [-0.4, -0.2) is 54.7 Å². The fourth-order valence-electron chi connectivity index (χ4n) is 3.96. The number of pyridine rings is 1. The molecule has 2 aromatic heterocycles. The second-order valence-corrected chi connectivity index (χ2v) is 8.22. The molecule has 1 amide bonds. The predicted octanol–water partition coefficient (Wildman–Crippen LogP) is 3.89. The van der Waals surface area contributed by atoms with Gasteiger partial charge < -0.3 is 20.3 Å². The minimum Gasteiger partial charge on any atom is -0.496 e. The van der Waals surface area contributed by atoms with Gasteiger partial charge in [0.25, 0.3) is 5.91 Å². The van der Waals surface area contributed by atoms with Gasteiger partial charge in [-0.05, 0) is 36.2 Å². The Labute approximate surface area is 200 Å². The Bertz CT molecular complexity index is 1160. The molecular weight excluding hydrogens is 428 g/mol. The molecule has 34 heavy (non-hydrogen) atoms. The Morgan fingerprint density at radius 3 is 2.74 bits per heavy atom. The first-order chi connectivity index (χ1) is 16.6. The third-order valence-electron chi connectivity index (χ3n) is 5.94. The number of hydrogen-bond donors (Lipinski definition) is 2. The molecule has 3 aromatic rings. The summed E-state index contributed by atoms with van der Waals surface area (Å²) in [4.78, 5) is 27.6. The van der Waals surface area contributed by atoms with Crippen LogP contribution in [-0.2, 0) is 0 Å². The Kier molecular flexibility index (Phi) is 7.37. The van der Waals surface area contributed by atoms with Gasteiger partial charge in [-0.1, -0.05) is 25.1 Å². The number of anilines is 2. The quantitative estimate of drug-likeness (QED) is 0.495. The number of rotatable bonds is 8. The van der Waals surface area contributed by atoms with E-state index in [2.05, 4.69) is 49.6 Å². The molecule has 3 heterocycles. The number of nitrogens with zero attached hydrogens (tertiary/aromatic N) is 4. The van der Waals surface area contributed by atoms with Crippen LogP contribution in [0.4, 0.5) is 11.6 Å². The van der Waals surface area contributed by atoms with Crippen LogP contribution in [0.15, 0.2) is 61.1 Å². The van der Waals surface area contributed by atoms with Crippen molar-refractivity contribution < 1.29 is 9.53 Å². The van der Waals surface area contributed by atoms with Crippen molar-refractivity contribution in [2.45, 2.75) is 19.3 Å². The first kappa shape index (κ1) is 23.2. The van der Waals surface area contributed by atoms with Crippen LogP contribution in [0.25, 0.3) is 11.3 Å². The molecule has 0 spiro atoms. The van der Waals surface area contributed by atoms with Gasteiger partial charge in [-0.2, -0.15) is 0 Å². The summed E-state index contributed by atoms with van der Waals surface area (Å²) in [6.45, 7) is 4.63. The van der Waals surface area contributed by atoms with E-state index in [1.807, 2.05) is 36.5 Å². The largest absolute Gasteiger partial charge is 0.496 e. The van der Waals surface area contributed by atoms with E-state index < -0.39 is 0 Å². The van der Waals surface area contributed by atoms with Gasteiger partial charge in [0.15, 0.2) is 0 Å². The number of ether oxygens (including phenoxy) is 1. The van der Waals surface area contributed by atoms with Crippen LogP contribution in [0.2, 0.25) is 0 Å². The van der Waals surface area contributed by atoms with E-state index in [0.29, 0.717) is 17.9 Å². The van der Waals surface area contributed by atoms with E-state index in [1.54, 1.807) is 26.6 Å². The second kappa shape index (κ2) is 10.8. The fourth-order valence-corrected chi connectivity index (χ4v) is 3.96. The Morgan fingerprint density at radius 2 is 2.03 bits per heavy atom. The van der Waals surface area contributed by atoms with Crippen LogP contribution in [0.3, 0.4) is 0 Å². The van der Waals surface area contributed by atoms with Crippen molar-refractivity contribution in [2.24, 2.45) is 0 Å². The zero-order chi connectivity index (χ0) is 23.9. The van der Waals surface area contributed by atoms with Gasteiger partial charge in [-0.3, -0.25) is 4.79 Å². The fraction of sp³-hybridized carbons (Fsp3) is 0.308. The summed E-state index contributed by atoms with van der Waals surface area (Å²) in [5, 5.41) is 6.03. The van der Waals surface area contributed by atoms with Crippen molar-refractivity contribution in [3.63, 3.8) is 0 Å². The van der Waals surface area contributed by atoms with Gasteiger partial charge in [0.05, 0.1) is 12.8 Å². The second-order valence-electron chi connectivity index (χ2n) is 8.22. The maximum atomic E-state index is 11.9. The summed E-state index contributed by atoms with van der Waals surface area (Å²) in [6, 6.07) is 11.5. The lowest BCUT2D eigenvalue weighted by atomic mass is 9.98. The summed E-state index contributed by atoms with van der Waals surface area (Å²) in [7, 11) is 3.23. The summed E-state index contributed by atoms with van der Waals surface area (Å²) in [5.74, 6) is 2.40. The summed E-state index contributed by atoms with van der Waals surface area (Å²) < 4.78 is 5.54. The first-order valence-electron chi connectivity index (χ1n) is 11.4. The number of carbonyl (C=O) groups excluding carboxylic acids is 1. The van der Waals surface area contributed by atoms with Crippen LogP contribution in [0.1, 0.15) is 35.2 Å². The number of aromatic nitrogens is 3. The molecule has 4 rings (SSSR count). The van der Waals surface area contributed by atoms with Crippen LogP contribution in [0.5, 0.6) is 5.75 Å². The van der Waals surface area contributed by atoms with Crippen molar-refractivity contribution in [1.82, 2.24) is 20.3 Å². The lowest BCUT2D eigenvalue weighted by molar-refractivity contribution is 0.0962. The molecule has 1 aliphatic rings. The lowest BCUT2D eigenvalue weighted by Gasteiger charge is -2.24. The van der Waals surface area contributed by atoms with E-state index in [-0.39, 0.29) is 11.8 Å². The lowest BCUT2D eigenvalue weighted by Crippen LogP contribution is -2.27. The monoisotopic (exact) mass is 458 g/mol. The van der Waals surface area contributed by atoms with E-state index in [9.17, 15) is 4.79 Å². The normalized spacial score (nSPS) is 13.9. The Balaban J connectivity index is 1.43. The molecule has 0 saturated carbocycles. The molecule has 1 aliphatic heterocycles. The molecule has 1 aromatic carbocycles. The predicted molar refractivity (Wildman–Crippen MR) is 135 cm³/mol. The molecule has 0 fully saturated rings. The summed E-state index contributed by atoms with van der Waals surface area (Å²) in [5.41, 5.74) is 3.35. The highest BCUT2D eigenvalue weighted by Gasteiger charge is 2.15. The molecule has 176 valence electrons. The number of nitrogens with one attached hydrogen (secondary N) is 2. The SMILES string of the molecule is CNC(=O)c1ccc(C(C)CNc2cc(-c3ccc(N4CC=CCC4)nc3)ncn2)c(OC)c1. The maximum absolute atomic E-state index is 11.9. The van der Waals surface area contributed by atoms with Gasteiger partial charge in [-0.25, -0.2) is 15.0 Å². The average molecular weight is 459 g/mol. The summed E-state index contributed by atoms with van der Waals surface area (Å²) in [6.07, 6.45) is 8.85. The molecule has 0 aliphatic carbocycles. The molecule has 0 bridgehead atoms. The highest BCUT2D eigenvalue weighted by Crippen LogP contribution is 2.28. The van der Waals surface area contributed by atoms with E-state index in [0.717, 1.165) is 48.0 Å². The molecule has 0 radical (unpaired) electrons. The van der Waals surface area contributed by atoms with Gasteiger partial charge in [-0.15, -0.1) is 0 Å². The Hall–Kier alpha value is -3.94. The molecule has 8 heteroatoms. The number of benzene rings is 1. The van der Waals surface area contributed by atoms with E-state index in [1.165, 1.54) is 0 Å². The highest BCUT2D eigenvalue weighted by molar-refractivity contribution is 5.94. The minimum atomic E-state index is -0.139. The average Bonchev–Trinajstić information content (AvgIpc) is 2.91. The smallest absolute Gasteiger partial charge is 0.251 e. The molecular formula is C26H30N6O2. The number of hydrogen-bond acceptors (Lipinski definition) is 7. The van der Waals surface area contributed by atoms with Crippen LogP contribution in [0, 0.1) is 0 Å². The standard InChI is InChI=1S/C26H30N6O2/c1-18(21-9-7-19(26(33)27-2)13-23(21)34-3)15-28-24-14-22(30-17-31-24)20-8-10-25(29-16-20)32-11-5-4-6-12-32/h4-5,7-10,13-14,16-18H,6,11-12,15H2,1-3H3,(H,27,33)(H,28,30,31). The van der Waals surface area contributed by atoms with Gasteiger partial charge in [0.1, 0.15) is 23.7 Å². The molecule has 1 atom stereocenters. The van der Waals surface area contributed by atoms with Crippen LogP contribution < -0.4 is 20.3 Å². The zero-order valence-electron chi connectivity index (χ0n) is 19.8. The third-order valence-corrected chi connectivity index (χ3v) is 5.94. The van der Waals surface area contributed by atoms with Crippen molar-refractivity contribution in [3.05, 3.63) is 72.2 Å². The van der Waals surface area contributed by atoms with Crippen LogP contribution >= 0.6 is 0 Å². The first-order valence-corrected chi connectivity index (χ1v) is 11.4. The van der Waals surface area contributed by atoms with Gasteiger partial charge >= 0.3 is 0 Å². The maximum Gasteiger partial charge on any atom is 0.251 e. The van der Waals surface area contributed by atoms with E-state index >= 15 is 0 Å². The summed E-state index contributed by atoms with van der Waals surface area (Å²) >= 11 is 0. The number of methoxy groups -OCH3 is 1. The van der Waals surface area contributed by atoms with Crippen molar-refractivity contribution >= 4 is 17.5 Å². The number of amides is 1. The Morgan fingerprint density at radius 1 is 1.15 bits per heavy atom. The van der Waals surface area contributed by atoms with E-state index in [4.69, 9.17) is 4.74 Å². The molecule has 2 N–H and O–H groups in total. The zero-order valence-corrected chi connectivity index (χ0v) is 19.8. The van der Waals surface area contributed by atoms with Crippen molar-refractivity contribution in [3.8, 4) is 17.0 Å². The minimum absolute atomic E-state index is 0.131. The van der Waals surface area contributed by atoms with Crippen molar-refractivity contribution in [2.75, 3.05) is 44.0 Å². The topological polar surface area (TPSA) is 92.3 Å². The molecule has 1 unspecified atom stereocenters. The van der Waals surface area contributed by atoms with Crippen molar-refractivity contribution in [1.29, 1.82) is 0 Å². The number of carbonyl (C=O) groups is 1. The highest BCUT2D eigenvalue weighted by atomic mass is 16.5. The van der Waals surface area contributed by atoms with Gasteiger partial charge in [0, 0.05) is 56.0 Å². The molecule has 8 nitrogen and oxygen atoms in total. The molecule has 0 saturated heterocycles. The third kappa shape index (κ3) is 5.33.